The first-order chi connectivity index (χ1) is 11.1. The molecule has 1 unspecified atom stereocenters. The van der Waals surface area contributed by atoms with Crippen molar-refractivity contribution in [1.82, 2.24) is 10.2 Å². The van der Waals surface area contributed by atoms with Gasteiger partial charge < -0.3 is 10.2 Å². The Morgan fingerprint density at radius 2 is 1.83 bits per heavy atom. The number of hydrogen-bond donors (Lipinski definition) is 1. The van der Waals surface area contributed by atoms with Crippen molar-refractivity contribution in [2.75, 3.05) is 38.6 Å². The highest BCUT2D eigenvalue weighted by atomic mass is 16.1. The maximum atomic E-state index is 11.9. The molecule has 23 heavy (non-hydrogen) atoms. The van der Waals surface area contributed by atoms with E-state index in [1.54, 1.807) is 0 Å². The lowest BCUT2D eigenvalue weighted by Gasteiger charge is -2.35. The van der Waals surface area contributed by atoms with Crippen molar-refractivity contribution in [3.8, 4) is 0 Å². The molecule has 0 radical (unpaired) electrons. The smallest absolute Gasteiger partial charge is 0.220 e. The summed E-state index contributed by atoms with van der Waals surface area (Å²) in [6.45, 7) is 5.01. The largest absolute Gasteiger partial charge is 0.378 e. The minimum Gasteiger partial charge on any atom is -0.378 e. The zero-order chi connectivity index (χ0) is 16.7. The molecular weight excluding hydrogens is 286 g/mol. The van der Waals surface area contributed by atoms with E-state index in [1.807, 2.05) is 6.92 Å². The number of hydrogen-bond acceptors (Lipinski definition) is 3. The second-order valence-corrected chi connectivity index (χ2v) is 6.65. The van der Waals surface area contributed by atoms with Crippen LogP contribution in [0.3, 0.4) is 0 Å². The van der Waals surface area contributed by atoms with E-state index in [1.165, 1.54) is 30.5 Å². The van der Waals surface area contributed by atoms with Crippen molar-refractivity contribution in [3.05, 3.63) is 29.8 Å². The van der Waals surface area contributed by atoms with Crippen molar-refractivity contribution in [2.45, 2.75) is 45.1 Å². The fraction of sp³-hybridized carbons (Fsp3) is 0.632. The molecule has 1 aromatic rings. The van der Waals surface area contributed by atoms with Gasteiger partial charge in [0, 0.05) is 32.7 Å². The zero-order valence-electron chi connectivity index (χ0n) is 14.8. The van der Waals surface area contributed by atoms with Gasteiger partial charge in [0.25, 0.3) is 0 Å². The highest BCUT2D eigenvalue weighted by molar-refractivity contribution is 5.75. The third kappa shape index (κ3) is 5.24. The summed E-state index contributed by atoms with van der Waals surface area (Å²) >= 11 is 0. The summed E-state index contributed by atoms with van der Waals surface area (Å²) in [5.74, 6) is 0.166. The molecule has 1 heterocycles. The Kier molecular flexibility index (Phi) is 6.90. The van der Waals surface area contributed by atoms with Crippen molar-refractivity contribution in [2.24, 2.45) is 0 Å². The predicted octanol–water partition coefficient (Wildman–Crippen LogP) is 3.20. The average molecular weight is 317 g/mol. The Labute approximate surface area is 140 Å². The molecule has 0 aromatic heterocycles. The van der Waals surface area contributed by atoms with Crippen LogP contribution in [-0.2, 0) is 4.79 Å². The Morgan fingerprint density at radius 1 is 1.17 bits per heavy atom. The van der Waals surface area contributed by atoms with Crippen LogP contribution < -0.4 is 10.2 Å². The number of nitrogens with zero attached hydrogens (tertiary/aromatic N) is 2. The molecule has 1 aromatic carbocycles. The Balaban J connectivity index is 2.09. The number of benzene rings is 1. The first kappa shape index (κ1) is 17.8. The lowest BCUT2D eigenvalue weighted by atomic mass is 10.0. The van der Waals surface area contributed by atoms with Gasteiger partial charge in [0.1, 0.15) is 0 Å². The molecule has 2 rings (SSSR count). The van der Waals surface area contributed by atoms with Crippen LogP contribution in [-0.4, -0.2) is 44.5 Å². The summed E-state index contributed by atoms with van der Waals surface area (Å²) in [7, 11) is 4.12. The molecule has 4 nitrogen and oxygen atoms in total. The zero-order valence-corrected chi connectivity index (χ0v) is 14.8. The molecule has 4 heteroatoms. The van der Waals surface area contributed by atoms with E-state index >= 15 is 0 Å². The number of anilines is 1. The summed E-state index contributed by atoms with van der Waals surface area (Å²) in [4.78, 5) is 16.5. The maximum absolute atomic E-state index is 11.9. The lowest BCUT2D eigenvalue weighted by Crippen LogP contribution is -2.40. The fourth-order valence-electron chi connectivity index (χ4n) is 3.21. The molecule has 0 aliphatic carbocycles. The van der Waals surface area contributed by atoms with Gasteiger partial charge in [0.2, 0.25) is 5.91 Å². The molecule has 1 amide bonds. The number of likely N-dealkylation sites (tertiary alicyclic amines) is 1. The predicted molar refractivity (Wildman–Crippen MR) is 96.9 cm³/mol. The molecule has 1 N–H and O–H groups in total. The Morgan fingerprint density at radius 3 is 2.39 bits per heavy atom. The Bertz CT molecular complexity index is 478. The van der Waals surface area contributed by atoms with E-state index in [2.05, 4.69) is 53.5 Å². The first-order valence-electron chi connectivity index (χ1n) is 8.90. The van der Waals surface area contributed by atoms with Gasteiger partial charge in [0.15, 0.2) is 0 Å². The van der Waals surface area contributed by atoms with Crippen LogP contribution in [0, 0.1) is 0 Å². The number of carbonyl (C=O) groups excluding carboxylic acids is 1. The topological polar surface area (TPSA) is 35.6 Å². The molecule has 128 valence electrons. The van der Waals surface area contributed by atoms with Gasteiger partial charge in [0.05, 0.1) is 6.04 Å². The van der Waals surface area contributed by atoms with Gasteiger partial charge in [-0.15, -0.1) is 0 Å². The molecule has 0 saturated carbocycles. The van der Waals surface area contributed by atoms with Crippen molar-refractivity contribution < 1.29 is 4.79 Å². The normalized spacial score (nSPS) is 16.8. The number of nitrogens with one attached hydrogen (secondary N) is 1. The highest BCUT2D eigenvalue weighted by Crippen LogP contribution is 2.26. The molecule has 1 aliphatic heterocycles. The summed E-state index contributed by atoms with van der Waals surface area (Å²) in [5, 5.41) is 3.13. The van der Waals surface area contributed by atoms with Crippen LogP contribution in [0.25, 0.3) is 0 Å². The van der Waals surface area contributed by atoms with Crippen molar-refractivity contribution in [3.63, 3.8) is 0 Å². The van der Waals surface area contributed by atoms with Crippen LogP contribution in [0.5, 0.6) is 0 Å². The van der Waals surface area contributed by atoms with Crippen LogP contribution in [0.1, 0.15) is 50.6 Å². The van der Waals surface area contributed by atoms with Crippen LogP contribution in [0.15, 0.2) is 24.3 Å². The summed E-state index contributed by atoms with van der Waals surface area (Å²) in [6, 6.07) is 9.04. The van der Waals surface area contributed by atoms with Gasteiger partial charge >= 0.3 is 0 Å². The van der Waals surface area contributed by atoms with Crippen molar-refractivity contribution in [1.29, 1.82) is 0 Å². The van der Waals surface area contributed by atoms with E-state index in [0.29, 0.717) is 13.0 Å². The number of carbonyl (C=O) groups is 1. The molecule has 1 saturated heterocycles. The maximum Gasteiger partial charge on any atom is 0.220 e. The monoisotopic (exact) mass is 317 g/mol. The lowest BCUT2D eigenvalue weighted by molar-refractivity contribution is -0.121. The van der Waals surface area contributed by atoms with Crippen LogP contribution >= 0.6 is 0 Å². The average Bonchev–Trinajstić information content (AvgIpc) is 2.57. The molecule has 0 bridgehead atoms. The molecule has 1 aliphatic rings. The standard InChI is InChI=1S/C19H31N3O/c1-4-8-19(23)20-15-18(22-13-6-5-7-14-22)16-9-11-17(12-10-16)21(2)3/h9-12,18H,4-8,13-15H2,1-3H3,(H,20,23). The van der Waals surface area contributed by atoms with Gasteiger partial charge in [-0.05, 0) is 50.0 Å². The van der Waals surface area contributed by atoms with E-state index in [4.69, 9.17) is 0 Å². The van der Waals surface area contributed by atoms with Gasteiger partial charge in [-0.2, -0.15) is 0 Å². The third-order valence-corrected chi connectivity index (χ3v) is 4.60. The molecule has 0 spiro atoms. The Hall–Kier alpha value is -1.55. The molecule has 1 atom stereocenters. The van der Waals surface area contributed by atoms with E-state index < -0.39 is 0 Å². The van der Waals surface area contributed by atoms with E-state index in [9.17, 15) is 4.79 Å². The number of piperidine rings is 1. The van der Waals surface area contributed by atoms with E-state index in [0.717, 1.165) is 19.5 Å². The molecule has 1 fully saturated rings. The van der Waals surface area contributed by atoms with Gasteiger partial charge in [-0.25, -0.2) is 0 Å². The minimum atomic E-state index is 0.166. The van der Waals surface area contributed by atoms with Crippen LogP contribution in [0.2, 0.25) is 0 Å². The summed E-state index contributed by atoms with van der Waals surface area (Å²) in [5.41, 5.74) is 2.51. The summed E-state index contributed by atoms with van der Waals surface area (Å²) < 4.78 is 0. The first-order valence-corrected chi connectivity index (χ1v) is 8.90. The van der Waals surface area contributed by atoms with Crippen molar-refractivity contribution >= 4 is 11.6 Å². The highest BCUT2D eigenvalue weighted by Gasteiger charge is 2.22. The molecular formula is C19H31N3O. The second-order valence-electron chi connectivity index (χ2n) is 6.65. The fourth-order valence-corrected chi connectivity index (χ4v) is 3.21. The van der Waals surface area contributed by atoms with E-state index in [-0.39, 0.29) is 11.9 Å². The minimum absolute atomic E-state index is 0.166. The SMILES string of the molecule is CCCC(=O)NCC(c1ccc(N(C)C)cc1)N1CCCCC1. The number of amides is 1. The quantitative estimate of drug-likeness (QED) is 0.839. The van der Waals surface area contributed by atoms with Gasteiger partial charge in [-0.3, -0.25) is 9.69 Å². The third-order valence-electron chi connectivity index (χ3n) is 4.60. The second kappa shape index (κ2) is 8.92. The van der Waals surface area contributed by atoms with Crippen LogP contribution in [0.4, 0.5) is 5.69 Å². The number of rotatable bonds is 7. The summed E-state index contributed by atoms with van der Waals surface area (Å²) in [6.07, 6.45) is 5.36. The van der Waals surface area contributed by atoms with Gasteiger partial charge in [-0.1, -0.05) is 25.5 Å².